The van der Waals surface area contributed by atoms with Gasteiger partial charge in [0.15, 0.2) is 0 Å². The van der Waals surface area contributed by atoms with E-state index in [9.17, 15) is 4.79 Å². The molecule has 2 aliphatic rings. The molecule has 0 radical (unpaired) electrons. The van der Waals surface area contributed by atoms with E-state index in [1.807, 2.05) is 6.07 Å². The standard InChI is InChI=1S/C14H21N5O2/c20-11-18-3-5-19(6-4-18)14-8-13(16-10-17-14)15-9-12-2-1-7-21-12/h8,10-12H,1-7,9H2,(H,15,16,17). The highest BCUT2D eigenvalue weighted by Crippen LogP contribution is 2.17. The lowest BCUT2D eigenvalue weighted by Gasteiger charge is -2.33. The average Bonchev–Trinajstić information content (AvgIpc) is 3.07. The van der Waals surface area contributed by atoms with E-state index in [0.29, 0.717) is 6.10 Å². The summed E-state index contributed by atoms with van der Waals surface area (Å²) < 4.78 is 5.59. The van der Waals surface area contributed by atoms with Crippen molar-refractivity contribution in [2.24, 2.45) is 0 Å². The molecule has 1 N–H and O–H groups in total. The summed E-state index contributed by atoms with van der Waals surface area (Å²) >= 11 is 0. The minimum Gasteiger partial charge on any atom is -0.376 e. The molecule has 7 heteroatoms. The average molecular weight is 291 g/mol. The van der Waals surface area contributed by atoms with Crippen molar-refractivity contribution < 1.29 is 9.53 Å². The summed E-state index contributed by atoms with van der Waals surface area (Å²) in [5, 5.41) is 3.32. The second kappa shape index (κ2) is 6.71. The molecule has 0 saturated carbocycles. The van der Waals surface area contributed by atoms with Gasteiger partial charge in [-0.2, -0.15) is 0 Å². The van der Waals surface area contributed by atoms with Gasteiger partial charge in [-0.25, -0.2) is 9.97 Å². The summed E-state index contributed by atoms with van der Waals surface area (Å²) in [5.41, 5.74) is 0. The molecule has 2 aliphatic heterocycles. The fourth-order valence-corrected chi connectivity index (χ4v) is 2.70. The maximum absolute atomic E-state index is 10.7. The molecule has 1 unspecified atom stereocenters. The van der Waals surface area contributed by atoms with Gasteiger partial charge in [0.05, 0.1) is 6.10 Å². The predicted octanol–water partition coefficient (Wildman–Crippen LogP) is 0.346. The molecule has 7 nitrogen and oxygen atoms in total. The van der Waals surface area contributed by atoms with Gasteiger partial charge in [0.1, 0.15) is 18.0 Å². The Labute approximate surface area is 124 Å². The minimum atomic E-state index is 0.291. The van der Waals surface area contributed by atoms with E-state index in [2.05, 4.69) is 20.2 Å². The van der Waals surface area contributed by atoms with Crippen LogP contribution in [0.5, 0.6) is 0 Å². The summed E-state index contributed by atoms with van der Waals surface area (Å²) in [6.07, 6.45) is 5.03. The van der Waals surface area contributed by atoms with Crippen LogP contribution in [0.25, 0.3) is 0 Å². The molecule has 0 aromatic carbocycles. The summed E-state index contributed by atoms with van der Waals surface area (Å²) in [4.78, 5) is 23.3. The predicted molar refractivity (Wildman–Crippen MR) is 79.3 cm³/mol. The Kier molecular flexibility index (Phi) is 4.49. The van der Waals surface area contributed by atoms with E-state index >= 15 is 0 Å². The van der Waals surface area contributed by atoms with Crippen molar-refractivity contribution in [3.8, 4) is 0 Å². The zero-order valence-electron chi connectivity index (χ0n) is 12.1. The highest BCUT2D eigenvalue weighted by molar-refractivity contribution is 5.51. The van der Waals surface area contributed by atoms with Crippen LogP contribution in [0.2, 0.25) is 0 Å². The van der Waals surface area contributed by atoms with Crippen LogP contribution in [0.15, 0.2) is 12.4 Å². The number of carbonyl (C=O) groups excluding carboxylic acids is 1. The molecule has 3 rings (SSSR count). The largest absolute Gasteiger partial charge is 0.376 e. The number of anilines is 2. The highest BCUT2D eigenvalue weighted by Gasteiger charge is 2.18. The molecule has 0 aliphatic carbocycles. The van der Waals surface area contributed by atoms with Crippen LogP contribution in [0.1, 0.15) is 12.8 Å². The molecule has 1 aromatic heterocycles. The normalized spacial score (nSPS) is 22.4. The van der Waals surface area contributed by atoms with Gasteiger partial charge in [-0.15, -0.1) is 0 Å². The van der Waals surface area contributed by atoms with Gasteiger partial charge >= 0.3 is 0 Å². The number of hydrogen-bond donors (Lipinski definition) is 1. The van der Waals surface area contributed by atoms with Crippen LogP contribution in [0.4, 0.5) is 11.6 Å². The van der Waals surface area contributed by atoms with E-state index in [-0.39, 0.29) is 0 Å². The molecule has 0 spiro atoms. The van der Waals surface area contributed by atoms with Crippen molar-refractivity contribution in [2.75, 3.05) is 49.5 Å². The first kappa shape index (κ1) is 14.1. The fourth-order valence-electron chi connectivity index (χ4n) is 2.70. The van der Waals surface area contributed by atoms with Gasteiger partial charge in [0.25, 0.3) is 0 Å². The van der Waals surface area contributed by atoms with Gasteiger partial charge in [0, 0.05) is 45.4 Å². The quantitative estimate of drug-likeness (QED) is 0.789. The van der Waals surface area contributed by atoms with E-state index in [1.165, 1.54) is 0 Å². The maximum Gasteiger partial charge on any atom is 0.209 e. The number of nitrogens with one attached hydrogen (secondary N) is 1. The van der Waals surface area contributed by atoms with Gasteiger partial charge in [-0.3, -0.25) is 4.79 Å². The summed E-state index contributed by atoms with van der Waals surface area (Å²) in [6.45, 7) is 4.75. The van der Waals surface area contributed by atoms with E-state index in [1.54, 1.807) is 11.2 Å². The molecule has 0 bridgehead atoms. The number of piperazine rings is 1. The zero-order chi connectivity index (χ0) is 14.5. The SMILES string of the molecule is O=CN1CCN(c2cc(NCC3CCCO3)ncn2)CC1. The van der Waals surface area contributed by atoms with Crippen LogP contribution in [0, 0.1) is 0 Å². The van der Waals surface area contributed by atoms with Crippen molar-refractivity contribution in [3.05, 3.63) is 12.4 Å². The van der Waals surface area contributed by atoms with E-state index < -0.39 is 0 Å². The fraction of sp³-hybridized carbons (Fsp3) is 0.643. The number of ether oxygens (including phenoxy) is 1. The first-order valence-corrected chi connectivity index (χ1v) is 7.47. The second-order valence-electron chi connectivity index (χ2n) is 5.41. The Balaban J connectivity index is 1.56. The third kappa shape index (κ3) is 3.60. The van der Waals surface area contributed by atoms with Crippen molar-refractivity contribution in [1.82, 2.24) is 14.9 Å². The second-order valence-corrected chi connectivity index (χ2v) is 5.41. The van der Waals surface area contributed by atoms with Crippen LogP contribution in [0.3, 0.4) is 0 Å². The maximum atomic E-state index is 10.7. The summed E-state index contributed by atoms with van der Waals surface area (Å²) in [5.74, 6) is 1.73. The molecule has 114 valence electrons. The first-order chi connectivity index (χ1) is 10.3. The summed E-state index contributed by atoms with van der Waals surface area (Å²) in [7, 11) is 0. The minimum absolute atomic E-state index is 0.291. The lowest BCUT2D eigenvalue weighted by atomic mass is 10.2. The molecule has 3 heterocycles. The van der Waals surface area contributed by atoms with Crippen molar-refractivity contribution in [3.63, 3.8) is 0 Å². The number of rotatable bonds is 5. The van der Waals surface area contributed by atoms with Gasteiger partial charge in [-0.1, -0.05) is 0 Å². The van der Waals surface area contributed by atoms with Gasteiger partial charge in [-0.05, 0) is 12.8 Å². The van der Waals surface area contributed by atoms with Crippen molar-refractivity contribution in [1.29, 1.82) is 0 Å². The smallest absolute Gasteiger partial charge is 0.209 e. The summed E-state index contributed by atoms with van der Waals surface area (Å²) in [6, 6.07) is 1.96. The number of amides is 1. The third-order valence-electron chi connectivity index (χ3n) is 3.97. The third-order valence-corrected chi connectivity index (χ3v) is 3.97. The van der Waals surface area contributed by atoms with Crippen LogP contribution in [-0.4, -0.2) is 66.7 Å². The number of nitrogens with zero attached hydrogens (tertiary/aromatic N) is 4. The Bertz CT molecular complexity index is 470. The molecule has 1 aromatic rings. The lowest BCUT2D eigenvalue weighted by molar-refractivity contribution is -0.118. The number of hydrogen-bond acceptors (Lipinski definition) is 6. The molecule has 1 atom stereocenters. The Hall–Kier alpha value is -1.89. The molecule has 21 heavy (non-hydrogen) atoms. The monoisotopic (exact) mass is 291 g/mol. The Morgan fingerprint density at radius 2 is 2.19 bits per heavy atom. The Morgan fingerprint density at radius 3 is 2.90 bits per heavy atom. The first-order valence-electron chi connectivity index (χ1n) is 7.47. The van der Waals surface area contributed by atoms with Crippen molar-refractivity contribution >= 4 is 18.0 Å². The number of carbonyl (C=O) groups is 1. The van der Waals surface area contributed by atoms with Crippen LogP contribution < -0.4 is 10.2 Å². The molecular formula is C14H21N5O2. The van der Waals surface area contributed by atoms with Gasteiger partial charge < -0.3 is 19.9 Å². The van der Waals surface area contributed by atoms with Crippen LogP contribution in [-0.2, 0) is 9.53 Å². The topological polar surface area (TPSA) is 70.6 Å². The zero-order valence-corrected chi connectivity index (χ0v) is 12.1. The molecule has 1 amide bonds. The molecule has 2 fully saturated rings. The highest BCUT2D eigenvalue weighted by atomic mass is 16.5. The number of aromatic nitrogens is 2. The van der Waals surface area contributed by atoms with E-state index in [4.69, 9.17) is 4.74 Å². The van der Waals surface area contributed by atoms with Crippen LogP contribution >= 0.6 is 0 Å². The van der Waals surface area contributed by atoms with E-state index in [0.717, 1.165) is 70.2 Å². The molecule has 2 saturated heterocycles. The van der Waals surface area contributed by atoms with Gasteiger partial charge in [0.2, 0.25) is 6.41 Å². The Morgan fingerprint density at radius 1 is 1.33 bits per heavy atom. The lowest BCUT2D eigenvalue weighted by Crippen LogP contribution is -2.46. The molecular weight excluding hydrogens is 270 g/mol. The van der Waals surface area contributed by atoms with Crippen molar-refractivity contribution in [2.45, 2.75) is 18.9 Å².